The van der Waals surface area contributed by atoms with Crippen LogP contribution >= 0.6 is 0 Å². The highest BCUT2D eigenvalue weighted by Gasteiger charge is 2.21. The Balaban J connectivity index is 1.55. The van der Waals surface area contributed by atoms with Crippen molar-refractivity contribution in [2.24, 2.45) is 0 Å². The smallest absolute Gasteiger partial charge is 0.274 e. The average Bonchev–Trinajstić information content (AvgIpc) is 3.50. The van der Waals surface area contributed by atoms with E-state index in [0.29, 0.717) is 28.3 Å². The topological polar surface area (TPSA) is 127 Å². The Labute approximate surface area is 185 Å². The molecule has 11 heteroatoms. The van der Waals surface area contributed by atoms with Crippen LogP contribution in [0.4, 0.5) is 14.6 Å². The SMILES string of the molecule is Nc1nc(-c2ccc[nH]2)c(-c2ccc3nncn3c2)nc1C(=O)NCc1c(F)cccc1F. The summed E-state index contributed by atoms with van der Waals surface area (Å²) < 4.78 is 29.5. The molecule has 0 spiro atoms. The van der Waals surface area contributed by atoms with E-state index in [1.165, 1.54) is 12.4 Å². The second-order valence-corrected chi connectivity index (χ2v) is 7.14. The molecule has 1 amide bonds. The van der Waals surface area contributed by atoms with Crippen LogP contribution in [-0.4, -0.2) is 35.5 Å². The van der Waals surface area contributed by atoms with Crippen molar-refractivity contribution in [2.75, 3.05) is 5.73 Å². The Morgan fingerprint density at radius 3 is 2.64 bits per heavy atom. The molecule has 0 fully saturated rings. The van der Waals surface area contributed by atoms with Gasteiger partial charge >= 0.3 is 0 Å². The number of rotatable bonds is 5. The molecule has 0 saturated carbocycles. The van der Waals surface area contributed by atoms with E-state index in [0.717, 1.165) is 12.1 Å². The van der Waals surface area contributed by atoms with Gasteiger partial charge in [0.2, 0.25) is 0 Å². The highest BCUT2D eigenvalue weighted by atomic mass is 19.1. The summed E-state index contributed by atoms with van der Waals surface area (Å²) in [6.07, 6.45) is 5.01. The van der Waals surface area contributed by atoms with Crippen molar-refractivity contribution >= 4 is 17.4 Å². The quantitative estimate of drug-likeness (QED) is 0.381. The number of nitrogen functional groups attached to an aromatic ring is 1. The van der Waals surface area contributed by atoms with Gasteiger partial charge in [-0.3, -0.25) is 9.20 Å². The molecule has 0 radical (unpaired) electrons. The third-order valence-electron chi connectivity index (χ3n) is 5.04. The number of carbonyl (C=O) groups excluding carboxylic acids is 1. The van der Waals surface area contributed by atoms with E-state index in [4.69, 9.17) is 5.73 Å². The average molecular weight is 446 g/mol. The van der Waals surface area contributed by atoms with Crippen molar-refractivity contribution in [3.63, 3.8) is 0 Å². The lowest BCUT2D eigenvalue weighted by molar-refractivity contribution is 0.0946. The van der Waals surface area contributed by atoms with Crippen LogP contribution in [0.2, 0.25) is 0 Å². The molecule has 164 valence electrons. The molecule has 0 aliphatic rings. The van der Waals surface area contributed by atoms with E-state index in [9.17, 15) is 13.6 Å². The molecular formula is C22H16F2N8O. The molecule has 0 bridgehead atoms. The van der Waals surface area contributed by atoms with Crippen LogP contribution in [0.1, 0.15) is 16.1 Å². The first-order valence-electron chi connectivity index (χ1n) is 9.83. The van der Waals surface area contributed by atoms with Gasteiger partial charge in [-0.15, -0.1) is 10.2 Å². The highest BCUT2D eigenvalue weighted by molar-refractivity contribution is 5.97. The van der Waals surface area contributed by atoms with Crippen molar-refractivity contribution in [1.82, 2.24) is 34.9 Å². The summed E-state index contributed by atoms with van der Waals surface area (Å²) in [5, 5.41) is 10.3. The number of H-pyrrole nitrogens is 1. The molecule has 4 heterocycles. The summed E-state index contributed by atoms with van der Waals surface area (Å²) in [7, 11) is 0. The van der Waals surface area contributed by atoms with Gasteiger partial charge in [-0.2, -0.15) is 0 Å². The second kappa shape index (κ2) is 8.11. The zero-order valence-corrected chi connectivity index (χ0v) is 17.0. The van der Waals surface area contributed by atoms with Crippen LogP contribution in [0.5, 0.6) is 0 Å². The van der Waals surface area contributed by atoms with Crippen LogP contribution < -0.4 is 11.1 Å². The Hall–Kier alpha value is -4.67. The summed E-state index contributed by atoms with van der Waals surface area (Å²) in [5.41, 5.74) is 8.35. The molecule has 4 aromatic heterocycles. The maximum Gasteiger partial charge on any atom is 0.274 e. The fraction of sp³-hybridized carbons (Fsp3) is 0.0455. The fourth-order valence-electron chi connectivity index (χ4n) is 3.40. The van der Waals surface area contributed by atoms with Gasteiger partial charge in [0.15, 0.2) is 17.2 Å². The van der Waals surface area contributed by atoms with Crippen LogP contribution in [0, 0.1) is 11.6 Å². The molecule has 0 aliphatic carbocycles. The van der Waals surface area contributed by atoms with E-state index in [2.05, 4.69) is 30.5 Å². The Bertz CT molecular complexity index is 1460. The van der Waals surface area contributed by atoms with Gasteiger partial charge in [0.25, 0.3) is 5.91 Å². The number of fused-ring (bicyclic) bond motifs is 1. The van der Waals surface area contributed by atoms with Crippen molar-refractivity contribution < 1.29 is 13.6 Å². The number of anilines is 1. The lowest BCUT2D eigenvalue weighted by atomic mass is 10.1. The molecule has 0 saturated heterocycles. The molecule has 5 aromatic rings. The van der Waals surface area contributed by atoms with E-state index in [1.807, 2.05) is 0 Å². The molecule has 1 aromatic carbocycles. The van der Waals surface area contributed by atoms with E-state index >= 15 is 0 Å². The van der Waals surface area contributed by atoms with E-state index in [1.54, 1.807) is 41.1 Å². The minimum absolute atomic E-state index is 0.125. The van der Waals surface area contributed by atoms with Gasteiger partial charge in [-0.05, 0) is 36.4 Å². The molecule has 0 atom stereocenters. The number of nitrogens with two attached hydrogens (primary N) is 1. The Morgan fingerprint density at radius 1 is 1.06 bits per heavy atom. The fourth-order valence-corrected chi connectivity index (χ4v) is 3.40. The van der Waals surface area contributed by atoms with Crippen molar-refractivity contribution in [3.05, 3.63) is 84.1 Å². The number of pyridine rings is 1. The summed E-state index contributed by atoms with van der Waals surface area (Å²) in [5.74, 6) is -2.37. The molecule has 4 N–H and O–H groups in total. The Kier molecular flexibility index (Phi) is 4.98. The highest BCUT2D eigenvalue weighted by Crippen LogP contribution is 2.30. The van der Waals surface area contributed by atoms with Gasteiger partial charge < -0.3 is 16.0 Å². The lowest BCUT2D eigenvalue weighted by Gasteiger charge is -2.13. The summed E-state index contributed by atoms with van der Waals surface area (Å²) in [6.45, 7) is -0.376. The van der Waals surface area contributed by atoms with E-state index < -0.39 is 17.5 Å². The molecular weight excluding hydrogens is 430 g/mol. The van der Waals surface area contributed by atoms with Gasteiger partial charge in [-0.25, -0.2) is 18.7 Å². The third kappa shape index (κ3) is 3.76. The first-order chi connectivity index (χ1) is 16.0. The first-order valence-corrected chi connectivity index (χ1v) is 9.83. The molecule has 0 aliphatic heterocycles. The van der Waals surface area contributed by atoms with Crippen LogP contribution in [-0.2, 0) is 6.54 Å². The predicted molar refractivity (Wildman–Crippen MR) is 116 cm³/mol. The lowest BCUT2D eigenvalue weighted by Crippen LogP contribution is -2.26. The molecule has 0 unspecified atom stereocenters. The normalized spacial score (nSPS) is 11.1. The maximum absolute atomic E-state index is 13.9. The maximum atomic E-state index is 13.9. The summed E-state index contributed by atoms with van der Waals surface area (Å²) >= 11 is 0. The summed E-state index contributed by atoms with van der Waals surface area (Å²) in [6, 6.07) is 10.6. The molecule has 5 rings (SSSR count). The minimum Gasteiger partial charge on any atom is -0.382 e. The second-order valence-electron chi connectivity index (χ2n) is 7.14. The number of amides is 1. The van der Waals surface area contributed by atoms with Gasteiger partial charge in [0.05, 0.1) is 5.69 Å². The van der Waals surface area contributed by atoms with Crippen molar-refractivity contribution in [1.29, 1.82) is 0 Å². The van der Waals surface area contributed by atoms with Crippen LogP contribution in [0.25, 0.3) is 28.3 Å². The largest absolute Gasteiger partial charge is 0.382 e. The summed E-state index contributed by atoms with van der Waals surface area (Å²) in [4.78, 5) is 24.8. The molecule has 9 nitrogen and oxygen atoms in total. The van der Waals surface area contributed by atoms with Crippen molar-refractivity contribution in [2.45, 2.75) is 6.54 Å². The number of halogens is 2. The van der Waals surface area contributed by atoms with Crippen molar-refractivity contribution in [3.8, 4) is 22.6 Å². The monoisotopic (exact) mass is 446 g/mol. The van der Waals surface area contributed by atoms with Crippen LogP contribution in [0.15, 0.2) is 61.2 Å². The van der Waals surface area contributed by atoms with Gasteiger partial charge in [0.1, 0.15) is 29.3 Å². The first kappa shape index (κ1) is 20.2. The number of hydrogen-bond acceptors (Lipinski definition) is 6. The molecule has 33 heavy (non-hydrogen) atoms. The number of aromatic nitrogens is 6. The zero-order chi connectivity index (χ0) is 22.9. The third-order valence-corrected chi connectivity index (χ3v) is 5.04. The number of nitrogens with zero attached hydrogens (tertiary/aromatic N) is 5. The van der Waals surface area contributed by atoms with Crippen LogP contribution in [0.3, 0.4) is 0 Å². The number of hydrogen-bond donors (Lipinski definition) is 3. The number of benzene rings is 1. The number of carbonyl (C=O) groups is 1. The number of aromatic amines is 1. The van der Waals surface area contributed by atoms with E-state index in [-0.39, 0.29) is 23.6 Å². The predicted octanol–water partition coefficient (Wildman–Crippen LogP) is 2.97. The minimum atomic E-state index is -0.764. The standard InChI is InChI=1S/C22H16F2N8O/c23-14-3-1-4-15(24)13(14)9-27-22(33)20-21(25)30-19(16-5-2-8-26-16)18(29-20)12-6-7-17-31-28-11-32(17)10-12/h1-8,10-11,26H,9H2,(H2,25,30)(H,27,33). The Morgan fingerprint density at radius 2 is 1.88 bits per heavy atom. The van der Waals surface area contributed by atoms with Gasteiger partial charge in [0, 0.05) is 30.1 Å². The zero-order valence-electron chi connectivity index (χ0n) is 17.0. The number of nitrogens with one attached hydrogen (secondary N) is 2. The van der Waals surface area contributed by atoms with Gasteiger partial charge in [-0.1, -0.05) is 6.07 Å².